The Balaban J connectivity index is 0.890. The number of rotatable bonds is 11. The number of nitrogens with two attached hydrogens (primary N) is 1. The molecule has 8 rings (SSSR count). The number of aromatic nitrogens is 3. The van der Waals surface area contributed by atoms with Crippen LogP contribution < -0.4 is 25.6 Å². The molecular weight excluding hydrogens is 873 g/mol. The van der Waals surface area contributed by atoms with Gasteiger partial charge in [0.1, 0.15) is 16.9 Å². The highest BCUT2D eigenvalue weighted by Gasteiger charge is 2.33. The first-order valence-corrected chi connectivity index (χ1v) is 24.3. The van der Waals surface area contributed by atoms with Gasteiger partial charge >= 0.3 is 0 Å². The number of nitrogens with one attached hydrogen (secondary N) is 2. The Morgan fingerprint density at radius 2 is 1.66 bits per heavy atom. The number of benzene rings is 3. The first kappa shape index (κ1) is 45.7. The van der Waals surface area contributed by atoms with E-state index in [1.165, 1.54) is 23.5 Å². The maximum atomic E-state index is 16.3. The van der Waals surface area contributed by atoms with Crippen LogP contribution >= 0.6 is 11.3 Å². The van der Waals surface area contributed by atoms with Crippen LogP contribution in [-0.2, 0) is 29.8 Å². The summed E-state index contributed by atoms with van der Waals surface area (Å²) in [7, 11) is -4.08. The second-order valence-corrected chi connectivity index (χ2v) is 20.6. The third-order valence-electron chi connectivity index (χ3n) is 12.4. The van der Waals surface area contributed by atoms with Crippen LogP contribution in [0.5, 0.6) is 0 Å². The first-order chi connectivity index (χ1) is 31.0. The van der Waals surface area contributed by atoms with Crippen LogP contribution in [0.4, 0.5) is 31.8 Å². The molecule has 342 valence electrons. The average molecular weight is 926 g/mol. The highest BCUT2D eigenvalue weighted by molar-refractivity contribution is 7.89. The van der Waals surface area contributed by atoms with Crippen molar-refractivity contribution in [1.29, 1.82) is 0 Å². The van der Waals surface area contributed by atoms with Crippen molar-refractivity contribution in [3.05, 3.63) is 101 Å². The summed E-state index contributed by atoms with van der Waals surface area (Å²) >= 11 is 1.35. The molecule has 2 aromatic heterocycles. The molecule has 0 bridgehead atoms. The summed E-state index contributed by atoms with van der Waals surface area (Å²) in [6, 6.07) is 19.0. The Hall–Kier alpha value is -5.85. The number of carbonyl (C=O) groups is 3. The number of sulfonamides is 1. The molecule has 5 heterocycles. The Bertz CT molecular complexity index is 2710. The molecule has 3 aliphatic heterocycles. The number of piperazine rings is 1. The second-order valence-electron chi connectivity index (χ2n) is 17.9. The minimum absolute atomic E-state index is 0.0300. The fraction of sp³-hybridized carbons (Fsp3) is 0.404. The third kappa shape index (κ3) is 9.89. The van der Waals surface area contributed by atoms with E-state index in [1.54, 1.807) is 43.5 Å². The Labute approximate surface area is 381 Å². The van der Waals surface area contributed by atoms with Crippen molar-refractivity contribution in [3.63, 3.8) is 0 Å². The van der Waals surface area contributed by atoms with E-state index < -0.39 is 32.3 Å². The van der Waals surface area contributed by atoms with Gasteiger partial charge in [-0.25, -0.2) is 37.3 Å². The maximum absolute atomic E-state index is 16.3. The number of piperidine rings is 2. The molecule has 3 saturated heterocycles. The van der Waals surface area contributed by atoms with Crippen molar-refractivity contribution >= 4 is 62.1 Å². The standard InChI is InChI=1S/C47H53F2N9O5S2/c1-5-38(65(50,62)63)33-7-6-8-34(40(33)49)41-42(64-45(55-41)47(2,3)4)36-17-20-51-46(53-36)52-30-11-15-37(35(48)27-30)57-23-25-58(26-24-57)44(61)29-18-21-56(22-19-29)31-12-9-28(10-13-31)32-14-16-39(59)54-43(32)60/h6-13,15,17,20,27,29,32,38H,5,14,16,18-19,21-26H2,1-4H3,(H2,50,62,63)(H,51,52,53)(H,54,59,60). The zero-order valence-electron chi connectivity index (χ0n) is 36.8. The van der Waals surface area contributed by atoms with Gasteiger partial charge in [-0.1, -0.05) is 52.0 Å². The molecule has 3 amide bonds. The number of thiazole rings is 1. The Morgan fingerprint density at radius 1 is 0.938 bits per heavy atom. The van der Waals surface area contributed by atoms with Gasteiger partial charge in [-0.2, -0.15) is 0 Å². The van der Waals surface area contributed by atoms with Crippen LogP contribution in [0.15, 0.2) is 72.9 Å². The molecule has 2 unspecified atom stereocenters. The SMILES string of the molecule is CCC(c1cccc(-c2nc(C(C)(C)C)sc2-c2ccnc(Nc3ccc(N4CCN(C(=O)C5CCN(c6ccc(C7CCC(=O)NC7=O)cc6)CC5)CC4)c(F)c3)n2)c1F)S(N)(=O)=O. The molecule has 3 fully saturated rings. The number of imide groups is 1. The molecule has 4 N–H and O–H groups in total. The molecule has 3 aliphatic rings. The molecule has 5 aromatic rings. The fourth-order valence-corrected chi connectivity index (χ4v) is 11.0. The van der Waals surface area contributed by atoms with Crippen LogP contribution in [0.25, 0.3) is 21.8 Å². The van der Waals surface area contributed by atoms with Gasteiger partial charge in [0, 0.05) is 85.7 Å². The summed E-state index contributed by atoms with van der Waals surface area (Å²) in [5.41, 5.74) is 3.22. The Morgan fingerprint density at radius 3 is 2.31 bits per heavy atom. The van der Waals surface area contributed by atoms with Crippen molar-refractivity contribution in [1.82, 2.24) is 25.2 Å². The average Bonchev–Trinajstić information content (AvgIpc) is 3.74. The summed E-state index contributed by atoms with van der Waals surface area (Å²) in [4.78, 5) is 58.1. The predicted octanol–water partition coefficient (Wildman–Crippen LogP) is 7.41. The van der Waals surface area contributed by atoms with E-state index in [9.17, 15) is 22.8 Å². The van der Waals surface area contributed by atoms with E-state index in [1.807, 2.05) is 54.8 Å². The normalized spacial score (nSPS) is 18.1. The van der Waals surface area contributed by atoms with Crippen molar-refractivity contribution in [2.45, 2.75) is 76.4 Å². The lowest BCUT2D eigenvalue weighted by Gasteiger charge is -2.40. The number of hydrogen-bond donors (Lipinski definition) is 3. The lowest BCUT2D eigenvalue weighted by Crippen LogP contribution is -2.52. The van der Waals surface area contributed by atoms with E-state index >= 15 is 8.78 Å². The smallest absolute Gasteiger partial charge is 0.234 e. The summed E-state index contributed by atoms with van der Waals surface area (Å²) in [5.74, 6) is -1.74. The van der Waals surface area contributed by atoms with E-state index in [-0.39, 0.29) is 53.1 Å². The van der Waals surface area contributed by atoms with Crippen LogP contribution in [0.1, 0.15) is 87.1 Å². The second kappa shape index (κ2) is 18.6. The molecular formula is C47H53F2N9O5S2. The largest absolute Gasteiger partial charge is 0.371 e. The zero-order chi connectivity index (χ0) is 46.2. The predicted molar refractivity (Wildman–Crippen MR) is 248 cm³/mol. The minimum atomic E-state index is -4.08. The molecule has 0 radical (unpaired) electrons. The molecule has 65 heavy (non-hydrogen) atoms. The summed E-state index contributed by atoms with van der Waals surface area (Å²) in [6.07, 6.45) is 3.93. The molecule has 2 atom stereocenters. The van der Waals surface area contributed by atoms with E-state index in [4.69, 9.17) is 15.1 Å². The fourth-order valence-electron chi connectivity index (χ4n) is 8.86. The molecule has 14 nitrogen and oxygen atoms in total. The van der Waals surface area contributed by atoms with Gasteiger partial charge in [-0.15, -0.1) is 11.3 Å². The molecule has 0 saturated carbocycles. The molecule has 0 aliphatic carbocycles. The van der Waals surface area contributed by atoms with Gasteiger partial charge in [0.05, 0.1) is 32.9 Å². The van der Waals surface area contributed by atoms with Gasteiger partial charge in [0.25, 0.3) is 0 Å². The Kier molecular flexibility index (Phi) is 13.1. The zero-order valence-corrected chi connectivity index (χ0v) is 38.4. The van der Waals surface area contributed by atoms with Crippen molar-refractivity contribution < 1.29 is 31.6 Å². The monoisotopic (exact) mass is 925 g/mol. The number of carbonyl (C=O) groups excluding carboxylic acids is 3. The lowest BCUT2D eigenvalue weighted by atomic mass is 9.90. The van der Waals surface area contributed by atoms with Crippen molar-refractivity contribution in [2.75, 3.05) is 54.4 Å². The molecule has 18 heteroatoms. The number of amides is 3. The highest BCUT2D eigenvalue weighted by Crippen LogP contribution is 2.43. The topological polar surface area (TPSA) is 184 Å². The van der Waals surface area contributed by atoms with Crippen molar-refractivity contribution in [3.8, 4) is 21.8 Å². The van der Waals surface area contributed by atoms with E-state index in [2.05, 4.69) is 20.5 Å². The minimum Gasteiger partial charge on any atom is -0.371 e. The van der Waals surface area contributed by atoms with Gasteiger partial charge in [-0.3, -0.25) is 19.7 Å². The quantitative estimate of drug-likeness (QED) is 0.112. The van der Waals surface area contributed by atoms with Gasteiger partial charge in [0.15, 0.2) is 0 Å². The van der Waals surface area contributed by atoms with Crippen LogP contribution in [0.3, 0.4) is 0 Å². The number of nitrogens with zero attached hydrogens (tertiary/aromatic N) is 6. The number of primary sulfonamides is 1. The summed E-state index contributed by atoms with van der Waals surface area (Å²) < 4.78 is 56.9. The maximum Gasteiger partial charge on any atom is 0.234 e. The van der Waals surface area contributed by atoms with Crippen LogP contribution in [0.2, 0.25) is 0 Å². The van der Waals surface area contributed by atoms with Crippen LogP contribution in [-0.4, -0.2) is 85.3 Å². The van der Waals surface area contributed by atoms with Gasteiger partial charge < -0.3 is 20.0 Å². The molecule has 3 aromatic carbocycles. The summed E-state index contributed by atoms with van der Waals surface area (Å²) in [5, 5.41) is 10.5. The number of hydrogen-bond acceptors (Lipinski definition) is 12. The number of halogens is 2. The van der Waals surface area contributed by atoms with Gasteiger partial charge in [-0.05, 0) is 73.7 Å². The van der Waals surface area contributed by atoms with Gasteiger partial charge in [0.2, 0.25) is 33.7 Å². The number of anilines is 4. The van der Waals surface area contributed by atoms with E-state index in [0.717, 1.165) is 42.2 Å². The van der Waals surface area contributed by atoms with Crippen LogP contribution in [0, 0.1) is 17.6 Å². The lowest BCUT2D eigenvalue weighted by molar-refractivity contribution is -0.136. The third-order valence-corrected chi connectivity index (χ3v) is 15.3. The van der Waals surface area contributed by atoms with Crippen molar-refractivity contribution in [2.24, 2.45) is 11.1 Å². The first-order valence-electron chi connectivity index (χ1n) is 21.9. The molecule has 0 spiro atoms. The highest BCUT2D eigenvalue weighted by atomic mass is 32.2. The summed E-state index contributed by atoms with van der Waals surface area (Å²) in [6.45, 7) is 11.0. The van der Waals surface area contributed by atoms with E-state index in [0.29, 0.717) is 66.7 Å².